The highest BCUT2D eigenvalue weighted by atomic mass is 35.5. The summed E-state index contributed by atoms with van der Waals surface area (Å²) in [6.45, 7) is 5.51. The average molecular weight is 388 g/mol. The third-order valence-electron chi connectivity index (χ3n) is 5.31. The fraction of sp³-hybridized carbons (Fsp3) is 0.857. The van der Waals surface area contributed by atoms with Crippen molar-refractivity contribution in [3.05, 3.63) is 0 Å². The van der Waals surface area contributed by atoms with Crippen LogP contribution in [0.2, 0.25) is 0 Å². The summed E-state index contributed by atoms with van der Waals surface area (Å²) >= 11 is 24.3. The lowest BCUT2D eigenvalue weighted by Crippen LogP contribution is -2.54. The molecule has 2 atom stereocenters. The first-order valence-electron chi connectivity index (χ1n) is 7.29. The van der Waals surface area contributed by atoms with E-state index in [2.05, 4.69) is 0 Å². The molecular formula is C14H18Cl4N2O2. The Hall–Kier alpha value is 0.1000. The van der Waals surface area contributed by atoms with Gasteiger partial charge in [-0.2, -0.15) is 0 Å². The molecule has 0 aromatic rings. The van der Waals surface area contributed by atoms with Crippen molar-refractivity contribution in [2.24, 2.45) is 10.8 Å². The van der Waals surface area contributed by atoms with E-state index in [4.69, 9.17) is 46.4 Å². The smallest absolute Gasteiger partial charge is 0.231 e. The molecule has 0 aromatic carbocycles. The normalized spacial score (nSPS) is 38.6. The molecule has 1 aliphatic heterocycles. The predicted molar refractivity (Wildman–Crippen MR) is 87.5 cm³/mol. The monoisotopic (exact) mass is 386 g/mol. The Kier molecular flexibility index (Phi) is 3.70. The first-order chi connectivity index (χ1) is 9.95. The molecule has 0 unspecified atom stereocenters. The van der Waals surface area contributed by atoms with Crippen LogP contribution in [0, 0.1) is 10.8 Å². The Morgan fingerprint density at radius 2 is 0.955 bits per heavy atom. The Balaban J connectivity index is 1.58. The second-order valence-electron chi connectivity index (χ2n) is 7.01. The molecular weight excluding hydrogens is 370 g/mol. The number of hydrogen-bond donors (Lipinski definition) is 0. The molecule has 0 bridgehead atoms. The van der Waals surface area contributed by atoms with Crippen LogP contribution in [-0.2, 0) is 9.59 Å². The Bertz CT molecular complexity index is 497. The van der Waals surface area contributed by atoms with Crippen LogP contribution in [0.1, 0.15) is 26.7 Å². The van der Waals surface area contributed by atoms with E-state index in [1.54, 1.807) is 23.6 Å². The van der Waals surface area contributed by atoms with Crippen molar-refractivity contribution in [3.8, 4) is 0 Å². The molecule has 0 aromatic heterocycles. The number of nitrogens with zero attached hydrogens (tertiary/aromatic N) is 2. The van der Waals surface area contributed by atoms with E-state index >= 15 is 0 Å². The van der Waals surface area contributed by atoms with Gasteiger partial charge >= 0.3 is 0 Å². The standard InChI is InChI=1S/C14H18Cl4N2O2/c1-11(7-13(11,15)16)9(21)19-3-5-20(6-4-19)10(22)12(2)8-14(12,17)18/h3-8H2,1-2H3/t11-,12-/m1/s1. The Labute approximate surface area is 150 Å². The molecule has 0 N–H and O–H groups in total. The first kappa shape index (κ1) is 16.9. The SMILES string of the molecule is C[C@]1(C(=O)N2CCN(C(=O)[C@@]3(C)CC3(Cl)Cl)CC2)CC1(Cl)Cl. The molecule has 4 nitrogen and oxygen atoms in total. The third-order valence-corrected chi connectivity index (χ3v) is 7.52. The first-order valence-corrected chi connectivity index (χ1v) is 8.80. The molecule has 2 amide bonds. The van der Waals surface area contributed by atoms with Crippen molar-refractivity contribution in [2.75, 3.05) is 26.2 Å². The van der Waals surface area contributed by atoms with Crippen LogP contribution in [0.4, 0.5) is 0 Å². The molecule has 3 rings (SSSR count). The van der Waals surface area contributed by atoms with Gasteiger partial charge in [-0.05, 0) is 26.7 Å². The minimum absolute atomic E-state index is 0.0359. The van der Waals surface area contributed by atoms with Crippen LogP contribution in [0.25, 0.3) is 0 Å². The van der Waals surface area contributed by atoms with Crippen molar-refractivity contribution in [1.29, 1.82) is 0 Å². The molecule has 3 fully saturated rings. The van der Waals surface area contributed by atoms with Crippen LogP contribution in [0.5, 0.6) is 0 Å². The average Bonchev–Trinajstić information content (AvgIpc) is 3.17. The molecule has 0 spiro atoms. The maximum Gasteiger partial charge on any atom is 0.231 e. The molecule has 22 heavy (non-hydrogen) atoms. The number of carbonyl (C=O) groups is 2. The minimum atomic E-state index is -0.963. The summed E-state index contributed by atoms with van der Waals surface area (Å²) in [7, 11) is 0. The summed E-state index contributed by atoms with van der Waals surface area (Å²) in [5, 5.41) is 0. The fourth-order valence-corrected chi connectivity index (χ4v) is 4.47. The predicted octanol–water partition coefficient (Wildman–Crippen LogP) is 2.83. The summed E-state index contributed by atoms with van der Waals surface area (Å²) in [6, 6.07) is 0. The molecule has 3 aliphatic rings. The van der Waals surface area contributed by atoms with Crippen LogP contribution in [0.15, 0.2) is 0 Å². The highest BCUT2D eigenvalue weighted by Gasteiger charge is 2.70. The highest BCUT2D eigenvalue weighted by Crippen LogP contribution is 2.65. The summed E-state index contributed by atoms with van der Waals surface area (Å²) in [5.41, 5.74) is -1.40. The number of piperazine rings is 1. The highest BCUT2D eigenvalue weighted by molar-refractivity contribution is 6.53. The molecule has 1 heterocycles. The second kappa shape index (κ2) is 4.81. The van der Waals surface area contributed by atoms with Gasteiger partial charge in [-0.15, -0.1) is 46.4 Å². The van der Waals surface area contributed by atoms with Crippen LogP contribution in [0.3, 0.4) is 0 Å². The van der Waals surface area contributed by atoms with E-state index in [0.717, 1.165) is 0 Å². The van der Waals surface area contributed by atoms with Crippen molar-refractivity contribution in [1.82, 2.24) is 9.80 Å². The van der Waals surface area contributed by atoms with E-state index in [1.165, 1.54) is 0 Å². The maximum absolute atomic E-state index is 12.5. The van der Waals surface area contributed by atoms with Crippen LogP contribution in [-0.4, -0.2) is 56.5 Å². The zero-order chi connectivity index (χ0) is 16.6. The van der Waals surface area contributed by atoms with Crippen molar-refractivity contribution in [3.63, 3.8) is 0 Å². The van der Waals surface area contributed by atoms with Gasteiger partial charge in [0.2, 0.25) is 11.8 Å². The van der Waals surface area contributed by atoms with Gasteiger partial charge in [0.25, 0.3) is 0 Å². The van der Waals surface area contributed by atoms with E-state index in [-0.39, 0.29) is 11.8 Å². The second-order valence-corrected chi connectivity index (χ2v) is 9.98. The van der Waals surface area contributed by atoms with Gasteiger partial charge in [0, 0.05) is 26.2 Å². The molecule has 124 valence electrons. The largest absolute Gasteiger partial charge is 0.339 e. The number of alkyl halides is 4. The molecule has 2 aliphatic carbocycles. The van der Waals surface area contributed by atoms with E-state index < -0.39 is 19.5 Å². The summed E-state index contributed by atoms with van der Waals surface area (Å²) in [6.07, 6.45) is 0.945. The van der Waals surface area contributed by atoms with Crippen molar-refractivity contribution < 1.29 is 9.59 Å². The fourth-order valence-electron chi connectivity index (χ4n) is 3.07. The number of carbonyl (C=O) groups excluding carboxylic acids is 2. The van der Waals surface area contributed by atoms with E-state index in [9.17, 15) is 9.59 Å². The maximum atomic E-state index is 12.5. The van der Waals surface area contributed by atoms with Gasteiger partial charge in [0.15, 0.2) is 0 Å². The third kappa shape index (κ3) is 2.33. The Morgan fingerprint density at radius 1 is 0.727 bits per heavy atom. The summed E-state index contributed by atoms with van der Waals surface area (Å²) in [4.78, 5) is 28.5. The van der Waals surface area contributed by atoms with Crippen molar-refractivity contribution in [2.45, 2.75) is 35.4 Å². The molecule has 1 saturated heterocycles. The van der Waals surface area contributed by atoms with E-state index in [0.29, 0.717) is 39.0 Å². The molecule has 0 radical (unpaired) electrons. The van der Waals surface area contributed by atoms with Crippen LogP contribution < -0.4 is 0 Å². The topological polar surface area (TPSA) is 40.6 Å². The number of amides is 2. The van der Waals surface area contributed by atoms with Gasteiger partial charge in [0.1, 0.15) is 8.67 Å². The number of hydrogen-bond acceptors (Lipinski definition) is 2. The van der Waals surface area contributed by atoms with Gasteiger partial charge in [0.05, 0.1) is 10.8 Å². The number of halogens is 4. The number of rotatable bonds is 2. The lowest BCUT2D eigenvalue weighted by Gasteiger charge is -2.37. The van der Waals surface area contributed by atoms with Gasteiger partial charge in [-0.25, -0.2) is 0 Å². The van der Waals surface area contributed by atoms with Gasteiger partial charge in [-0.1, -0.05) is 0 Å². The lowest BCUT2D eigenvalue weighted by atomic mass is 10.1. The quantitative estimate of drug-likeness (QED) is 0.683. The van der Waals surface area contributed by atoms with Crippen LogP contribution >= 0.6 is 46.4 Å². The van der Waals surface area contributed by atoms with Gasteiger partial charge < -0.3 is 9.80 Å². The molecule has 8 heteroatoms. The Morgan fingerprint density at radius 3 is 1.14 bits per heavy atom. The van der Waals surface area contributed by atoms with E-state index in [1.807, 2.05) is 0 Å². The summed E-state index contributed by atoms with van der Waals surface area (Å²) in [5.74, 6) is -0.0717. The summed E-state index contributed by atoms with van der Waals surface area (Å²) < 4.78 is -1.93. The lowest BCUT2D eigenvalue weighted by molar-refractivity contribution is -0.145. The molecule has 2 saturated carbocycles. The van der Waals surface area contributed by atoms with Gasteiger partial charge in [-0.3, -0.25) is 9.59 Å². The van der Waals surface area contributed by atoms with Crippen molar-refractivity contribution >= 4 is 58.2 Å². The zero-order valence-electron chi connectivity index (χ0n) is 12.5. The minimum Gasteiger partial charge on any atom is -0.339 e. The zero-order valence-corrected chi connectivity index (χ0v) is 15.5.